The SMILES string of the molecule is Cc1ccc(C)c(S(=O)(=O)Nc2cc(F)ccc2F)c1. The van der Waals surface area contributed by atoms with Crippen LogP contribution in [0.15, 0.2) is 41.3 Å². The van der Waals surface area contributed by atoms with E-state index in [0.29, 0.717) is 5.56 Å². The van der Waals surface area contributed by atoms with Crippen molar-refractivity contribution in [2.75, 3.05) is 4.72 Å². The first kappa shape index (κ1) is 14.5. The third-order valence-corrected chi connectivity index (χ3v) is 4.31. The summed E-state index contributed by atoms with van der Waals surface area (Å²) in [6.45, 7) is 3.39. The van der Waals surface area contributed by atoms with Crippen LogP contribution in [0.25, 0.3) is 0 Å². The molecular weight excluding hydrogens is 284 g/mol. The van der Waals surface area contributed by atoms with Crippen molar-refractivity contribution in [3.8, 4) is 0 Å². The van der Waals surface area contributed by atoms with Crippen LogP contribution in [0.5, 0.6) is 0 Å². The molecule has 1 N–H and O–H groups in total. The van der Waals surface area contributed by atoms with Gasteiger partial charge in [0.15, 0.2) is 0 Å². The van der Waals surface area contributed by atoms with Gasteiger partial charge in [0.05, 0.1) is 10.6 Å². The fraction of sp³-hybridized carbons (Fsp3) is 0.143. The van der Waals surface area contributed by atoms with E-state index in [1.54, 1.807) is 26.0 Å². The van der Waals surface area contributed by atoms with Gasteiger partial charge in [0.2, 0.25) is 0 Å². The van der Waals surface area contributed by atoms with E-state index in [0.717, 1.165) is 23.8 Å². The highest BCUT2D eigenvalue weighted by Gasteiger charge is 2.19. The van der Waals surface area contributed by atoms with Crippen molar-refractivity contribution in [2.24, 2.45) is 0 Å². The Balaban J connectivity index is 2.46. The minimum atomic E-state index is -3.96. The summed E-state index contributed by atoms with van der Waals surface area (Å²) in [4.78, 5) is 0.0427. The maximum Gasteiger partial charge on any atom is 0.262 e. The largest absolute Gasteiger partial charge is 0.277 e. The number of anilines is 1. The Morgan fingerprint density at radius 2 is 1.70 bits per heavy atom. The molecule has 0 amide bonds. The van der Waals surface area contributed by atoms with E-state index in [2.05, 4.69) is 4.72 Å². The molecule has 2 aromatic carbocycles. The molecule has 0 saturated heterocycles. The van der Waals surface area contributed by atoms with E-state index >= 15 is 0 Å². The van der Waals surface area contributed by atoms with Gasteiger partial charge in [-0.1, -0.05) is 12.1 Å². The Morgan fingerprint density at radius 3 is 2.40 bits per heavy atom. The van der Waals surface area contributed by atoms with Crippen LogP contribution in [0.3, 0.4) is 0 Å². The van der Waals surface area contributed by atoms with E-state index < -0.39 is 27.3 Å². The van der Waals surface area contributed by atoms with Crippen molar-refractivity contribution in [3.05, 3.63) is 59.2 Å². The molecule has 0 aliphatic heterocycles. The van der Waals surface area contributed by atoms with E-state index in [-0.39, 0.29) is 4.90 Å². The van der Waals surface area contributed by atoms with Crippen LogP contribution in [0.4, 0.5) is 14.5 Å². The topological polar surface area (TPSA) is 46.2 Å². The van der Waals surface area contributed by atoms with Crippen LogP contribution in [0.2, 0.25) is 0 Å². The average Bonchev–Trinajstić information content (AvgIpc) is 2.36. The zero-order valence-corrected chi connectivity index (χ0v) is 11.8. The summed E-state index contributed by atoms with van der Waals surface area (Å²) in [6, 6.07) is 7.51. The fourth-order valence-electron chi connectivity index (χ4n) is 1.77. The third-order valence-electron chi connectivity index (χ3n) is 2.81. The highest BCUT2D eigenvalue weighted by Crippen LogP contribution is 2.22. The number of aryl methyl sites for hydroxylation is 2. The lowest BCUT2D eigenvalue weighted by molar-refractivity contribution is 0.594. The lowest BCUT2D eigenvalue weighted by Crippen LogP contribution is -2.15. The quantitative estimate of drug-likeness (QED) is 0.944. The number of benzene rings is 2. The van der Waals surface area contributed by atoms with Crippen LogP contribution in [0.1, 0.15) is 11.1 Å². The first-order valence-electron chi connectivity index (χ1n) is 5.85. The second-order valence-electron chi connectivity index (χ2n) is 4.50. The van der Waals surface area contributed by atoms with Gasteiger partial charge in [-0.3, -0.25) is 4.72 Å². The molecule has 0 fully saturated rings. The van der Waals surface area contributed by atoms with Crippen molar-refractivity contribution in [1.29, 1.82) is 0 Å². The number of hydrogen-bond donors (Lipinski definition) is 1. The summed E-state index contributed by atoms with van der Waals surface area (Å²) >= 11 is 0. The predicted molar refractivity (Wildman–Crippen MR) is 73.1 cm³/mol. The number of sulfonamides is 1. The van der Waals surface area contributed by atoms with Gasteiger partial charge in [-0.2, -0.15) is 0 Å². The molecule has 0 radical (unpaired) electrons. The molecule has 0 saturated carbocycles. The zero-order chi connectivity index (χ0) is 14.9. The molecule has 0 bridgehead atoms. The highest BCUT2D eigenvalue weighted by atomic mass is 32.2. The van der Waals surface area contributed by atoms with Gasteiger partial charge >= 0.3 is 0 Å². The Bertz CT molecular complexity index is 758. The van der Waals surface area contributed by atoms with E-state index in [1.807, 2.05) is 0 Å². The molecule has 0 atom stereocenters. The van der Waals surface area contributed by atoms with Crippen LogP contribution < -0.4 is 4.72 Å². The fourth-order valence-corrected chi connectivity index (χ4v) is 3.16. The summed E-state index contributed by atoms with van der Waals surface area (Å²) in [5, 5.41) is 0. The second kappa shape index (κ2) is 5.20. The van der Waals surface area contributed by atoms with Gasteiger partial charge in [-0.05, 0) is 43.2 Å². The van der Waals surface area contributed by atoms with Crippen molar-refractivity contribution < 1.29 is 17.2 Å². The summed E-state index contributed by atoms with van der Waals surface area (Å²) in [7, 11) is -3.96. The molecule has 0 heterocycles. The summed E-state index contributed by atoms with van der Waals surface area (Å²) in [6.07, 6.45) is 0. The molecule has 0 aromatic heterocycles. The van der Waals surface area contributed by atoms with Crippen molar-refractivity contribution in [1.82, 2.24) is 0 Å². The van der Waals surface area contributed by atoms with Crippen molar-refractivity contribution in [3.63, 3.8) is 0 Å². The van der Waals surface area contributed by atoms with Crippen LogP contribution in [-0.4, -0.2) is 8.42 Å². The molecule has 20 heavy (non-hydrogen) atoms. The normalized spacial score (nSPS) is 11.4. The van der Waals surface area contributed by atoms with Gasteiger partial charge in [-0.25, -0.2) is 17.2 Å². The van der Waals surface area contributed by atoms with Crippen LogP contribution in [0, 0.1) is 25.5 Å². The van der Waals surface area contributed by atoms with E-state index in [9.17, 15) is 17.2 Å². The summed E-state index contributed by atoms with van der Waals surface area (Å²) in [5.41, 5.74) is 0.876. The number of hydrogen-bond acceptors (Lipinski definition) is 2. The predicted octanol–water partition coefficient (Wildman–Crippen LogP) is 3.38. The number of rotatable bonds is 3. The minimum absolute atomic E-state index is 0.0427. The third kappa shape index (κ3) is 2.96. The van der Waals surface area contributed by atoms with Crippen molar-refractivity contribution >= 4 is 15.7 Å². The summed E-state index contributed by atoms with van der Waals surface area (Å²) in [5.74, 6) is -1.55. The summed E-state index contributed by atoms with van der Waals surface area (Å²) < 4.78 is 53.1. The second-order valence-corrected chi connectivity index (χ2v) is 6.15. The van der Waals surface area contributed by atoms with E-state index in [4.69, 9.17) is 0 Å². The van der Waals surface area contributed by atoms with Gasteiger partial charge in [0.25, 0.3) is 10.0 Å². The molecule has 0 aliphatic rings. The Kier molecular flexibility index (Phi) is 3.76. The van der Waals surface area contributed by atoms with Gasteiger partial charge < -0.3 is 0 Å². The van der Waals surface area contributed by atoms with Crippen LogP contribution in [-0.2, 0) is 10.0 Å². The van der Waals surface area contributed by atoms with Gasteiger partial charge in [-0.15, -0.1) is 0 Å². The standard InChI is InChI=1S/C14H13F2NO2S/c1-9-3-4-10(2)14(7-9)20(18,19)17-13-8-11(15)5-6-12(13)16/h3-8,17H,1-2H3. The molecule has 6 heteroatoms. The maximum absolute atomic E-state index is 13.5. The molecular formula is C14H13F2NO2S. The minimum Gasteiger partial charge on any atom is -0.277 e. The Morgan fingerprint density at radius 1 is 1.00 bits per heavy atom. The van der Waals surface area contributed by atoms with Crippen molar-refractivity contribution in [2.45, 2.75) is 18.7 Å². The Hall–Kier alpha value is -1.95. The monoisotopic (exact) mass is 297 g/mol. The van der Waals surface area contributed by atoms with Gasteiger partial charge in [0, 0.05) is 6.07 Å². The highest BCUT2D eigenvalue weighted by molar-refractivity contribution is 7.92. The maximum atomic E-state index is 13.5. The smallest absolute Gasteiger partial charge is 0.262 e. The molecule has 0 unspecified atom stereocenters. The van der Waals surface area contributed by atoms with Crippen LogP contribution >= 0.6 is 0 Å². The molecule has 3 nitrogen and oxygen atoms in total. The average molecular weight is 297 g/mol. The Labute approximate surface area is 116 Å². The number of nitrogens with one attached hydrogen (secondary N) is 1. The molecule has 2 rings (SSSR count). The first-order valence-corrected chi connectivity index (χ1v) is 7.33. The van der Waals surface area contributed by atoms with E-state index in [1.165, 1.54) is 6.07 Å². The molecule has 0 spiro atoms. The molecule has 0 aliphatic carbocycles. The lowest BCUT2D eigenvalue weighted by Gasteiger charge is -2.11. The van der Waals surface area contributed by atoms with Gasteiger partial charge in [0.1, 0.15) is 11.6 Å². The first-order chi connectivity index (χ1) is 9.29. The zero-order valence-electron chi connectivity index (χ0n) is 10.9. The molecule has 2 aromatic rings. The molecule has 106 valence electrons. The number of halogens is 2. The lowest BCUT2D eigenvalue weighted by atomic mass is 10.2.